The Labute approximate surface area is 296 Å². The van der Waals surface area contributed by atoms with E-state index >= 15 is 0 Å². The van der Waals surface area contributed by atoms with E-state index in [4.69, 9.17) is 17.3 Å². The van der Waals surface area contributed by atoms with Crippen LogP contribution in [0.1, 0.15) is 61.6 Å². The van der Waals surface area contributed by atoms with Crippen LogP contribution in [0, 0.1) is 5.92 Å². The number of anilines is 2. The van der Waals surface area contributed by atoms with Gasteiger partial charge in [-0.1, -0.05) is 29.8 Å². The molecule has 6 rings (SSSR count). The number of urea groups is 1. The molecule has 0 saturated carbocycles. The van der Waals surface area contributed by atoms with Gasteiger partial charge in [-0.2, -0.15) is 13.2 Å². The number of piperidine rings is 3. The highest BCUT2D eigenvalue weighted by atomic mass is 35.5. The first-order valence-corrected chi connectivity index (χ1v) is 18.0. The number of para-hydroxylation sites is 1. The van der Waals surface area contributed by atoms with Crippen molar-refractivity contribution in [2.75, 3.05) is 57.4 Å². The predicted octanol–water partition coefficient (Wildman–Crippen LogP) is 5.20. The van der Waals surface area contributed by atoms with Crippen LogP contribution in [0.4, 0.5) is 29.3 Å². The lowest BCUT2D eigenvalue weighted by molar-refractivity contribution is -0.142. The lowest BCUT2D eigenvalue weighted by Gasteiger charge is -2.41. The summed E-state index contributed by atoms with van der Waals surface area (Å²) in [6, 6.07) is 10.5. The van der Waals surface area contributed by atoms with Crippen LogP contribution in [0.3, 0.4) is 0 Å². The summed E-state index contributed by atoms with van der Waals surface area (Å²) in [6.07, 6.45) is -0.0661. The largest absolute Gasteiger partial charge is 0.418 e. The third-order valence-electron chi connectivity index (χ3n) is 10.9. The number of carbonyl (C=O) groups is 3. The molecule has 3 saturated heterocycles. The molecule has 4 aliphatic heterocycles. The molecule has 272 valence electrons. The van der Waals surface area contributed by atoms with Gasteiger partial charge in [0.25, 0.3) is 0 Å². The molecule has 4 heterocycles. The van der Waals surface area contributed by atoms with Crippen molar-refractivity contribution in [3.8, 4) is 0 Å². The topological polar surface area (TPSA) is 114 Å². The van der Waals surface area contributed by atoms with Crippen LogP contribution in [-0.2, 0) is 28.7 Å². The Bertz CT molecular complexity index is 1550. The molecule has 50 heavy (non-hydrogen) atoms. The fraction of sp³-hybridized carbons (Fsp3) is 0.583. The number of fused-ring (bicyclic) bond motifs is 1. The van der Waals surface area contributed by atoms with Crippen molar-refractivity contribution in [3.63, 3.8) is 0 Å². The maximum absolute atomic E-state index is 14.1. The highest BCUT2D eigenvalue weighted by Gasteiger charge is 2.37. The minimum Gasteiger partial charge on any atom is -0.397 e. The Morgan fingerprint density at radius 1 is 0.960 bits per heavy atom. The zero-order valence-corrected chi connectivity index (χ0v) is 29.2. The molecule has 0 aliphatic carbocycles. The fourth-order valence-corrected chi connectivity index (χ4v) is 8.12. The Balaban J connectivity index is 1.11. The maximum Gasteiger partial charge on any atom is 0.418 e. The lowest BCUT2D eigenvalue weighted by atomic mass is 9.91. The van der Waals surface area contributed by atoms with Crippen LogP contribution >= 0.6 is 11.6 Å². The molecule has 14 heteroatoms. The summed E-state index contributed by atoms with van der Waals surface area (Å²) < 4.78 is 41.5. The molecule has 1 atom stereocenters. The number of likely N-dealkylation sites (tertiary alicyclic amines) is 3. The van der Waals surface area contributed by atoms with Gasteiger partial charge in [0.05, 0.1) is 22.2 Å². The first kappa shape index (κ1) is 36.2. The van der Waals surface area contributed by atoms with Crippen molar-refractivity contribution in [2.45, 2.75) is 82.2 Å². The van der Waals surface area contributed by atoms with Crippen molar-refractivity contribution >= 4 is 40.8 Å². The number of nitrogens with zero attached hydrogens (tertiary/aromatic N) is 4. The SMILES string of the molecule is CN1CCC(NC2CCN(C(=O)C(CC(=O)N3CCC(N4Cc5ccccc5NC4=O)CC3)Cc3cc(Cl)c(N)c(C(F)(F)F)c3)CC2)CC1. The third-order valence-corrected chi connectivity index (χ3v) is 11.2. The van der Waals surface area contributed by atoms with E-state index in [9.17, 15) is 27.6 Å². The number of hydrogen-bond acceptors (Lipinski definition) is 6. The number of nitrogens with one attached hydrogen (secondary N) is 2. The number of carbonyl (C=O) groups excluding carboxylic acids is 3. The van der Waals surface area contributed by atoms with E-state index in [2.05, 4.69) is 22.6 Å². The van der Waals surface area contributed by atoms with Gasteiger partial charge in [-0.25, -0.2) is 4.79 Å². The zero-order valence-electron chi connectivity index (χ0n) is 28.5. The van der Waals surface area contributed by atoms with Crippen molar-refractivity contribution in [1.29, 1.82) is 0 Å². The molecule has 0 spiro atoms. The molecule has 0 aromatic heterocycles. The molecule has 2 aromatic rings. The van der Waals surface area contributed by atoms with Gasteiger partial charge in [0, 0.05) is 63.0 Å². The number of rotatable bonds is 8. The van der Waals surface area contributed by atoms with Gasteiger partial charge in [-0.3, -0.25) is 9.59 Å². The van der Waals surface area contributed by atoms with Crippen molar-refractivity contribution in [2.24, 2.45) is 5.92 Å². The Hall–Kier alpha value is -3.55. The Morgan fingerprint density at radius 3 is 2.24 bits per heavy atom. The number of benzene rings is 2. The van der Waals surface area contributed by atoms with Crippen LogP contribution in [0.2, 0.25) is 5.02 Å². The molecule has 1 unspecified atom stereocenters. The number of nitrogens with two attached hydrogens (primary N) is 1. The zero-order chi connectivity index (χ0) is 35.6. The fourth-order valence-electron chi connectivity index (χ4n) is 7.88. The Kier molecular flexibility index (Phi) is 11.1. The minimum absolute atomic E-state index is 0.0491. The highest BCUT2D eigenvalue weighted by Crippen LogP contribution is 2.39. The molecule has 4 aliphatic rings. The molecule has 0 bridgehead atoms. The van der Waals surface area contributed by atoms with Crippen LogP contribution < -0.4 is 16.4 Å². The van der Waals surface area contributed by atoms with E-state index in [1.807, 2.05) is 29.2 Å². The average Bonchev–Trinajstić information content (AvgIpc) is 3.09. The quantitative estimate of drug-likeness (QED) is 0.324. The van der Waals surface area contributed by atoms with Gasteiger partial charge < -0.3 is 36.0 Å². The van der Waals surface area contributed by atoms with Gasteiger partial charge >= 0.3 is 12.2 Å². The van der Waals surface area contributed by atoms with E-state index in [1.165, 1.54) is 6.07 Å². The summed E-state index contributed by atoms with van der Waals surface area (Å²) in [5.41, 5.74) is 6.11. The van der Waals surface area contributed by atoms with E-state index in [0.717, 1.165) is 56.1 Å². The third kappa shape index (κ3) is 8.48. The van der Waals surface area contributed by atoms with Gasteiger partial charge in [-0.05, 0) is 94.4 Å². The number of halogens is 4. The normalized spacial score (nSPS) is 20.8. The number of amides is 4. The van der Waals surface area contributed by atoms with Crippen molar-refractivity contribution in [3.05, 3.63) is 58.1 Å². The van der Waals surface area contributed by atoms with E-state index in [1.54, 1.807) is 9.80 Å². The molecule has 4 N–H and O–H groups in total. The maximum atomic E-state index is 14.1. The van der Waals surface area contributed by atoms with Gasteiger partial charge in [-0.15, -0.1) is 0 Å². The summed E-state index contributed by atoms with van der Waals surface area (Å²) >= 11 is 6.15. The number of nitrogen functional groups attached to an aromatic ring is 1. The minimum atomic E-state index is -4.72. The molecular formula is C36H47ClF3N7O3. The molecule has 0 radical (unpaired) electrons. The molecule has 3 fully saturated rings. The van der Waals surface area contributed by atoms with Gasteiger partial charge in [0.2, 0.25) is 11.8 Å². The first-order chi connectivity index (χ1) is 23.9. The summed E-state index contributed by atoms with van der Waals surface area (Å²) in [7, 11) is 2.13. The molecule has 10 nitrogen and oxygen atoms in total. The molecule has 2 aromatic carbocycles. The monoisotopic (exact) mass is 717 g/mol. The second-order valence-corrected chi connectivity index (χ2v) is 14.7. The van der Waals surface area contributed by atoms with Crippen LogP contribution in [0.15, 0.2) is 36.4 Å². The summed E-state index contributed by atoms with van der Waals surface area (Å²) in [4.78, 5) is 48.3. The smallest absolute Gasteiger partial charge is 0.397 e. The number of hydrogen-bond donors (Lipinski definition) is 3. The van der Waals surface area contributed by atoms with Crippen molar-refractivity contribution < 1.29 is 27.6 Å². The standard InChI is InChI=1S/C36H47ClF3N7O3/c1-44-12-6-26(7-13-44)42-27-8-14-46(15-9-27)34(49)25(18-23-19-29(36(38,39)40)33(41)30(37)20-23)21-32(48)45-16-10-28(11-17-45)47-22-24-4-2-3-5-31(24)43-35(47)50/h2-5,19-20,25-28,42H,6-18,21-22,41H2,1H3,(H,43,50). The second-order valence-electron chi connectivity index (χ2n) is 14.3. The van der Waals surface area contributed by atoms with Crippen LogP contribution in [0.25, 0.3) is 0 Å². The Morgan fingerprint density at radius 2 is 1.58 bits per heavy atom. The molecule has 4 amide bonds. The van der Waals surface area contributed by atoms with Crippen LogP contribution in [0.5, 0.6) is 0 Å². The lowest BCUT2D eigenvalue weighted by Crippen LogP contribution is -2.52. The van der Waals surface area contributed by atoms with E-state index in [-0.39, 0.29) is 53.4 Å². The van der Waals surface area contributed by atoms with Gasteiger partial charge in [0.15, 0.2) is 0 Å². The van der Waals surface area contributed by atoms with E-state index in [0.29, 0.717) is 51.6 Å². The van der Waals surface area contributed by atoms with Crippen LogP contribution in [-0.4, -0.2) is 102 Å². The highest BCUT2D eigenvalue weighted by molar-refractivity contribution is 6.33. The summed E-state index contributed by atoms with van der Waals surface area (Å²) in [5.74, 6) is -1.34. The van der Waals surface area contributed by atoms with Crippen molar-refractivity contribution in [1.82, 2.24) is 24.9 Å². The summed E-state index contributed by atoms with van der Waals surface area (Å²) in [5, 5.41) is 6.48. The van der Waals surface area contributed by atoms with Gasteiger partial charge in [0.1, 0.15) is 0 Å². The predicted molar refractivity (Wildman–Crippen MR) is 187 cm³/mol. The number of alkyl halides is 3. The first-order valence-electron chi connectivity index (χ1n) is 17.7. The second kappa shape index (κ2) is 15.4. The molecular weight excluding hydrogens is 671 g/mol. The average molecular weight is 718 g/mol. The van der Waals surface area contributed by atoms with E-state index < -0.39 is 23.3 Å². The summed E-state index contributed by atoms with van der Waals surface area (Å²) in [6.45, 7) is 4.44.